The third-order valence-electron chi connectivity index (χ3n) is 18.6. The highest BCUT2D eigenvalue weighted by Crippen LogP contribution is 2.54. The molecule has 1 amide bonds. The number of piperazine rings is 1. The second-order valence-electron chi connectivity index (χ2n) is 24.4. The molecule has 12 rings (SSSR count). The molecular weight excluding hydrogens is 1040 g/mol. The van der Waals surface area contributed by atoms with Crippen molar-refractivity contribution in [2.75, 3.05) is 87.4 Å². The number of carbonyl (C=O) groups excluding carboxylic acids is 1. The zero-order valence-electron chi connectivity index (χ0n) is 46.3. The van der Waals surface area contributed by atoms with Crippen molar-refractivity contribution in [3.8, 4) is 11.6 Å². The van der Waals surface area contributed by atoms with Gasteiger partial charge < -0.3 is 44.2 Å². The highest BCUT2D eigenvalue weighted by molar-refractivity contribution is 7.90. The predicted molar refractivity (Wildman–Crippen MR) is 306 cm³/mol. The number of nitro benzene ring substituents is 1. The Morgan fingerprint density at radius 2 is 1.69 bits per heavy atom. The number of hydrogen-bond acceptors (Lipinski definition) is 16. The first-order valence-electron chi connectivity index (χ1n) is 29.1. The number of rotatable bonds is 15. The molecule has 0 unspecified atom stereocenters. The molecule has 7 aliphatic rings. The number of aliphatic hydroxyl groups is 1. The number of nitro groups is 1. The van der Waals surface area contributed by atoms with Crippen molar-refractivity contribution in [3.05, 3.63) is 100 Å². The zero-order chi connectivity index (χ0) is 55.3. The molecule has 7 heterocycles. The molecule has 4 saturated heterocycles. The Morgan fingerprint density at radius 1 is 0.912 bits per heavy atom. The van der Waals surface area contributed by atoms with Gasteiger partial charge >= 0.3 is 0 Å². The van der Waals surface area contributed by atoms with Crippen molar-refractivity contribution >= 4 is 55.4 Å². The molecule has 4 N–H and O–H groups in total. The molecule has 1 spiro atoms. The van der Waals surface area contributed by atoms with Crippen molar-refractivity contribution in [1.29, 1.82) is 0 Å². The number of benzene rings is 3. The van der Waals surface area contributed by atoms with Crippen molar-refractivity contribution in [1.82, 2.24) is 24.5 Å². The van der Waals surface area contributed by atoms with Crippen molar-refractivity contribution in [2.24, 2.45) is 17.3 Å². The van der Waals surface area contributed by atoms with E-state index in [4.69, 9.17) is 23.9 Å². The summed E-state index contributed by atoms with van der Waals surface area (Å²) in [7, 11) is -4.64. The number of nitrogens with one attached hydrogen (secondary N) is 3. The molecule has 0 radical (unpaired) electrons. The fourth-order valence-electron chi connectivity index (χ4n) is 14.0. The SMILES string of the molecule is CC(C)Oc1ccccc1[C@H]1CN(CC2CCOCC2)CCN1C1CC2(CCN(c3ccc(C(=O)NS(=O)(=O)c4ccc(NCC5CCC(C)(O)CC5)c([N+](=O)[O-])c4)c(N4c5cc6cc[nH]c6nc5O[C@H]5COCC[C@@H]54)c3)CC2)C1. The number of pyridine rings is 1. The predicted octanol–water partition coefficient (Wildman–Crippen LogP) is 8.95. The van der Waals surface area contributed by atoms with Gasteiger partial charge in [0.05, 0.1) is 51.5 Å². The van der Waals surface area contributed by atoms with Crippen LogP contribution in [0.25, 0.3) is 11.0 Å². The van der Waals surface area contributed by atoms with Gasteiger partial charge in [-0.15, -0.1) is 0 Å². The lowest BCUT2D eigenvalue weighted by Crippen LogP contribution is -2.60. The van der Waals surface area contributed by atoms with Crippen LogP contribution in [0.4, 0.5) is 28.4 Å². The van der Waals surface area contributed by atoms with E-state index in [1.54, 1.807) is 6.07 Å². The van der Waals surface area contributed by atoms with Gasteiger partial charge in [0.15, 0.2) is 0 Å². The molecule has 19 nitrogen and oxygen atoms in total. The molecule has 5 aromatic rings. The van der Waals surface area contributed by atoms with Crippen LogP contribution in [0.15, 0.2) is 83.9 Å². The van der Waals surface area contributed by atoms with Crippen molar-refractivity contribution in [2.45, 2.75) is 132 Å². The van der Waals surface area contributed by atoms with E-state index in [9.17, 15) is 28.4 Å². The molecule has 80 heavy (non-hydrogen) atoms. The minimum absolute atomic E-state index is 0.0732. The summed E-state index contributed by atoms with van der Waals surface area (Å²) in [4.78, 5) is 44.2. The fraction of sp³-hybridized carbons (Fsp3) is 0.567. The maximum atomic E-state index is 14.8. The highest BCUT2D eigenvalue weighted by Gasteiger charge is 2.51. The number of ether oxygens (including phenoxy) is 4. The number of carbonyl (C=O) groups is 1. The van der Waals surface area contributed by atoms with Gasteiger partial charge in [0.25, 0.3) is 21.6 Å². The number of aromatic amines is 1. The van der Waals surface area contributed by atoms with Crippen molar-refractivity contribution in [3.63, 3.8) is 0 Å². The Labute approximate surface area is 468 Å². The minimum atomic E-state index is -4.64. The van der Waals surface area contributed by atoms with Crippen LogP contribution < -0.4 is 29.3 Å². The standard InChI is InChI=1S/C60H77N9O10S/c1-39(2)78-54-7-5-4-6-46(54)53-37-65(36-41-15-27-76-28-16-41)25-26-67(53)44-33-60(34-44)20-23-66(24-21-60)43-8-10-47(50(31-43)68-49-17-29-77-38-55(49)79-58-52(68)30-42-14-22-61-56(42)63-58)57(70)64-80(74,75)45-9-11-48(51(32-45)69(72)73)62-35-40-12-18-59(3,71)19-13-40/h4-11,14,22,30-32,39-41,44,49,53,55,62,71H,12-13,15-21,23-29,33-38H2,1-3H3,(H,61,63)(H,64,70)/t40?,49-,53+,55-,59?/m0/s1. The Bertz CT molecular complexity index is 3180. The van der Waals surface area contributed by atoms with Gasteiger partial charge in [-0.1, -0.05) is 18.2 Å². The van der Waals surface area contributed by atoms with Gasteiger partial charge in [0, 0.05) is 101 Å². The number of anilines is 4. The number of piperidine rings is 1. The van der Waals surface area contributed by atoms with Gasteiger partial charge in [0.2, 0.25) is 5.88 Å². The average Bonchev–Trinajstić information content (AvgIpc) is 3.92. The monoisotopic (exact) mass is 1120 g/mol. The maximum Gasteiger partial charge on any atom is 0.293 e. The first kappa shape index (κ1) is 54.6. The van der Waals surface area contributed by atoms with Gasteiger partial charge in [-0.25, -0.2) is 13.1 Å². The summed E-state index contributed by atoms with van der Waals surface area (Å²) in [5.41, 5.74) is 3.33. The lowest BCUT2D eigenvalue weighted by Gasteiger charge is -2.58. The lowest BCUT2D eigenvalue weighted by molar-refractivity contribution is -0.384. The Kier molecular flexibility index (Phi) is 15.3. The number of aromatic nitrogens is 2. The van der Waals surface area contributed by atoms with Crippen LogP contribution in [0.3, 0.4) is 0 Å². The van der Waals surface area contributed by atoms with E-state index in [2.05, 4.69) is 72.7 Å². The number of para-hydroxylation sites is 1. The first-order valence-corrected chi connectivity index (χ1v) is 30.6. The topological polar surface area (TPSA) is 217 Å². The van der Waals surface area contributed by atoms with Crippen LogP contribution in [-0.2, 0) is 19.5 Å². The molecular formula is C60H77N9O10S. The molecule has 2 aliphatic carbocycles. The molecule has 2 saturated carbocycles. The third-order valence-corrected chi connectivity index (χ3v) is 19.9. The van der Waals surface area contributed by atoms with Crippen LogP contribution >= 0.6 is 0 Å². The second-order valence-corrected chi connectivity index (χ2v) is 26.1. The van der Waals surface area contributed by atoms with Crippen LogP contribution in [0.1, 0.15) is 113 Å². The van der Waals surface area contributed by atoms with E-state index in [0.29, 0.717) is 73.9 Å². The smallest absolute Gasteiger partial charge is 0.293 e. The molecule has 3 atom stereocenters. The number of nitrogens with zero attached hydrogens (tertiary/aromatic N) is 6. The largest absolute Gasteiger partial charge is 0.491 e. The second kappa shape index (κ2) is 22.4. The van der Waals surface area contributed by atoms with Crippen LogP contribution in [0, 0.1) is 27.4 Å². The van der Waals surface area contributed by atoms with Crippen molar-refractivity contribution < 1.29 is 42.2 Å². The Balaban J connectivity index is 0.798. The van der Waals surface area contributed by atoms with Gasteiger partial charge in [0.1, 0.15) is 28.9 Å². The summed E-state index contributed by atoms with van der Waals surface area (Å²) in [6.07, 6.45) is 11.3. The van der Waals surface area contributed by atoms with Crippen LogP contribution in [-0.4, -0.2) is 146 Å². The number of fused-ring (bicyclic) bond motifs is 3. The summed E-state index contributed by atoms with van der Waals surface area (Å²) in [6, 6.07) is 22.2. The number of sulfonamides is 1. The van der Waals surface area contributed by atoms with Crippen LogP contribution in [0.5, 0.6) is 11.6 Å². The van der Waals surface area contributed by atoms with E-state index in [0.717, 1.165) is 127 Å². The summed E-state index contributed by atoms with van der Waals surface area (Å²) in [5.74, 6) is 1.32. The summed E-state index contributed by atoms with van der Waals surface area (Å²) >= 11 is 0. The molecule has 0 bridgehead atoms. The fourth-order valence-corrected chi connectivity index (χ4v) is 15.0. The molecule has 428 valence electrons. The summed E-state index contributed by atoms with van der Waals surface area (Å²) in [6.45, 7) is 14.7. The molecule has 5 aliphatic heterocycles. The molecule has 3 aromatic carbocycles. The third kappa shape index (κ3) is 11.3. The van der Waals surface area contributed by atoms with E-state index in [-0.39, 0.29) is 40.8 Å². The number of H-pyrrole nitrogens is 1. The zero-order valence-corrected chi connectivity index (χ0v) is 47.1. The molecule has 2 aromatic heterocycles. The Hall–Kier alpha value is -6.03. The molecule has 20 heteroatoms. The van der Waals surface area contributed by atoms with Crippen LogP contribution in [0.2, 0.25) is 0 Å². The lowest BCUT2D eigenvalue weighted by atomic mass is 9.59. The van der Waals surface area contributed by atoms with Gasteiger partial charge in [-0.05, 0) is 157 Å². The first-order chi connectivity index (χ1) is 38.6. The van der Waals surface area contributed by atoms with E-state index in [1.807, 2.05) is 37.4 Å². The van der Waals surface area contributed by atoms with E-state index >= 15 is 0 Å². The highest BCUT2D eigenvalue weighted by atomic mass is 32.2. The quantitative estimate of drug-likeness (QED) is 0.0568. The normalized spacial score (nSPS) is 25.9. The minimum Gasteiger partial charge on any atom is -0.491 e. The number of amides is 1. The van der Waals surface area contributed by atoms with Gasteiger partial charge in [-0.3, -0.25) is 24.7 Å². The van der Waals surface area contributed by atoms with E-state index in [1.165, 1.54) is 17.7 Å². The number of hydrogen-bond donors (Lipinski definition) is 4. The summed E-state index contributed by atoms with van der Waals surface area (Å²) in [5, 5.41) is 26.9. The van der Waals surface area contributed by atoms with E-state index < -0.39 is 43.1 Å². The van der Waals surface area contributed by atoms with Gasteiger partial charge in [-0.2, -0.15) is 4.98 Å². The maximum absolute atomic E-state index is 14.8. The summed E-state index contributed by atoms with van der Waals surface area (Å²) < 4.78 is 55.5. The average molecular weight is 1120 g/mol. The Morgan fingerprint density at radius 3 is 2.46 bits per heavy atom. The molecule has 6 fully saturated rings.